The minimum atomic E-state index is -0.539. The smallest absolute Gasteiger partial charge is 0.407 e. The third kappa shape index (κ3) is 9.04. The highest BCUT2D eigenvalue weighted by Gasteiger charge is 2.13. The predicted octanol–water partition coefficient (Wildman–Crippen LogP) is 4.31. The van der Waals surface area contributed by atoms with Gasteiger partial charge in [-0.25, -0.2) is 9.59 Å². The van der Waals surface area contributed by atoms with E-state index in [-0.39, 0.29) is 18.9 Å². The molecule has 2 aromatic carbocycles. The second kappa shape index (κ2) is 14.4. The number of carbonyl (C=O) groups excluding carboxylic acids is 3. The van der Waals surface area contributed by atoms with E-state index in [0.29, 0.717) is 30.1 Å². The van der Waals surface area contributed by atoms with Crippen molar-refractivity contribution >= 4 is 17.8 Å². The SMILES string of the molecule is C=CC(=O)OCCNC(=O)OCCCCCCOc1ccccc1C(=O)c1ccccc1. The van der Waals surface area contributed by atoms with E-state index in [1.807, 2.05) is 30.3 Å². The van der Waals surface area contributed by atoms with E-state index in [9.17, 15) is 14.4 Å². The Balaban J connectivity index is 1.57. The van der Waals surface area contributed by atoms with Crippen molar-refractivity contribution < 1.29 is 28.6 Å². The number of rotatable bonds is 14. The maximum atomic E-state index is 12.7. The first kappa shape index (κ1) is 24.7. The molecule has 0 atom stereocenters. The fourth-order valence-electron chi connectivity index (χ4n) is 2.84. The molecule has 32 heavy (non-hydrogen) atoms. The molecule has 0 unspecified atom stereocenters. The number of esters is 1. The van der Waals surface area contributed by atoms with Crippen molar-refractivity contribution in [2.45, 2.75) is 25.7 Å². The van der Waals surface area contributed by atoms with Crippen LogP contribution in [-0.2, 0) is 14.3 Å². The number of hydrogen-bond donors (Lipinski definition) is 1. The van der Waals surface area contributed by atoms with Crippen molar-refractivity contribution in [3.63, 3.8) is 0 Å². The Morgan fingerprint density at radius 2 is 1.50 bits per heavy atom. The highest BCUT2D eigenvalue weighted by molar-refractivity contribution is 6.10. The summed E-state index contributed by atoms with van der Waals surface area (Å²) in [5, 5.41) is 2.50. The molecular formula is C25H29NO6. The number of nitrogens with one attached hydrogen (secondary N) is 1. The first-order valence-electron chi connectivity index (χ1n) is 10.6. The number of hydrogen-bond acceptors (Lipinski definition) is 6. The lowest BCUT2D eigenvalue weighted by atomic mass is 10.0. The summed E-state index contributed by atoms with van der Waals surface area (Å²) in [4.78, 5) is 35.1. The summed E-state index contributed by atoms with van der Waals surface area (Å²) in [6.07, 6.45) is 3.89. The van der Waals surface area contributed by atoms with Crippen molar-refractivity contribution in [2.75, 3.05) is 26.4 Å². The van der Waals surface area contributed by atoms with Gasteiger partial charge in [-0.1, -0.05) is 49.0 Å². The molecule has 0 aromatic heterocycles. The molecule has 1 amide bonds. The molecule has 170 valence electrons. The lowest BCUT2D eigenvalue weighted by Gasteiger charge is -2.11. The van der Waals surface area contributed by atoms with Crippen LogP contribution in [0.5, 0.6) is 5.75 Å². The Morgan fingerprint density at radius 3 is 2.25 bits per heavy atom. The second-order valence-electron chi connectivity index (χ2n) is 6.89. The first-order valence-corrected chi connectivity index (χ1v) is 10.6. The molecule has 0 bridgehead atoms. The topological polar surface area (TPSA) is 90.9 Å². The number of para-hydroxylation sites is 1. The van der Waals surface area contributed by atoms with E-state index in [2.05, 4.69) is 11.9 Å². The quantitative estimate of drug-likeness (QED) is 0.204. The Labute approximate surface area is 188 Å². The van der Waals surface area contributed by atoms with Crippen LogP contribution >= 0.6 is 0 Å². The number of amides is 1. The molecular weight excluding hydrogens is 410 g/mol. The average Bonchev–Trinajstić information content (AvgIpc) is 2.83. The summed E-state index contributed by atoms with van der Waals surface area (Å²) < 4.78 is 15.6. The van der Waals surface area contributed by atoms with E-state index in [0.717, 1.165) is 31.8 Å². The summed E-state index contributed by atoms with van der Waals surface area (Å²) in [5.41, 5.74) is 1.18. The standard InChI is InChI=1S/C25H29NO6/c1-2-23(27)31-19-16-26-25(29)32-18-11-4-3-10-17-30-22-15-9-8-14-21(22)24(28)20-12-6-5-7-13-20/h2,5-9,12-15H,1,3-4,10-11,16-19H2,(H,26,29). The number of alkyl carbamates (subject to hydrolysis) is 1. The summed E-state index contributed by atoms with van der Waals surface area (Å²) >= 11 is 0. The van der Waals surface area contributed by atoms with Crippen molar-refractivity contribution in [2.24, 2.45) is 0 Å². The number of carbonyl (C=O) groups is 3. The normalized spacial score (nSPS) is 10.1. The van der Waals surface area contributed by atoms with Gasteiger partial charge in [0.15, 0.2) is 5.78 Å². The van der Waals surface area contributed by atoms with Crippen LogP contribution in [0.2, 0.25) is 0 Å². The molecule has 2 rings (SSSR count). The summed E-state index contributed by atoms with van der Waals surface area (Å²) in [6, 6.07) is 16.4. The van der Waals surface area contributed by atoms with E-state index >= 15 is 0 Å². The van der Waals surface area contributed by atoms with Crippen LogP contribution in [0.15, 0.2) is 67.3 Å². The Bertz CT molecular complexity index is 881. The molecule has 0 aliphatic carbocycles. The van der Waals surface area contributed by atoms with Crippen LogP contribution in [0.1, 0.15) is 41.6 Å². The lowest BCUT2D eigenvalue weighted by Crippen LogP contribution is -2.28. The lowest BCUT2D eigenvalue weighted by molar-refractivity contribution is -0.137. The maximum Gasteiger partial charge on any atom is 0.407 e. The van der Waals surface area contributed by atoms with Gasteiger partial charge in [0, 0.05) is 11.6 Å². The van der Waals surface area contributed by atoms with Crippen LogP contribution in [0, 0.1) is 0 Å². The minimum absolute atomic E-state index is 0.0597. The minimum Gasteiger partial charge on any atom is -0.493 e. The molecule has 1 N–H and O–H groups in total. The zero-order valence-corrected chi connectivity index (χ0v) is 18.1. The van der Waals surface area contributed by atoms with Crippen LogP contribution in [0.25, 0.3) is 0 Å². The van der Waals surface area contributed by atoms with Gasteiger partial charge in [-0.05, 0) is 37.8 Å². The number of ether oxygens (including phenoxy) is 3. The Morgan fingerprint density at radius 1 is 0.812 bits per heavy atom. The van der Waals surface area contributed by atoms with Crippen molar-refractivity contribution in [3.8, 4) is 5.75 Å². The third-order valence-electron chi connectivity index (χ3n) is 4.48. The number of ketones is 1. The van der Waals surface area contributed by atoms with Gasteiger partial charge in [0.25, 0.3) is 0 Å². The predicted molar refractivity (Wildman–Crippen MR) is 121 cm³/mol. The third-order valence-corrected chi connectivity index (χ3v) is 4.48. The highest BCUT2D eigenvalue weighted by atomic mass is 16.6. The molecule has 0 heterocycles. The van der Waals surface area contributed by atoms with Gasteiger partial charge in [0.05, 0.1) is 25.3 Å². The zero-order valence-electron chi connectivity index (χ0n) is 18.1. The molecule has 7 nitrogen and oxygen atoms in total. The summed E-state index contributed by atoms with van der Waals surface area (Å²) in [5.74, 6) is -0.00829. The fraction of sp³-hybridized carbons (Fsp3) is 0.320. The zero-order chi connectivity index (χ0) is 23.0. The largest absolute Gasteiger partial charge is 0.493 e. The molecule has 0 fully saturated rings. The average molecular weight is 440 g/mol. The summed E-state index contributed by atoms with van der Waals surface area (Å²) in [7, 11) is 0. The molecule has 0 saturated heterocycles. The van der Waals surface area contributed by atoms with Gasteiger partial charge in [-0.2, -0.15) is 0 Å². The highest BCUT2D eigenvalue weighted by Crippen LogP contribution is 2.22. The second-order valence-corrected chi connectivity index (χ2v) is 6.89. The Hall–Kier alpha value is -3.61. The van der Waals surface area contributed by atoms with Gasteiger partial charge in [-0.15, -0.1) is 0 Å². The van der Waals surface area contributed by atoms with Crippen molar-refractivity contribution in [1.29, 1.82) is 0 Å². The van der Waals surface area contributed by atoms with E-state index in [1.165, 1.54) is 0 Å². The van der Waals surface area contributed by atoms with Crippen molar-refractivity contribution in [1.82, 2.24) is 5.32 Å². The van der Waals surface area contributed by atoms with Crippen LogP contribution in [0.4, 0.5) is 4.79 Å². The molecule has 0 aliphatic heterocycles. The fourth-order valence-corrected chi connectivity index (χ4v) is 2.84. The molecule has 0 radical (unpaired) electrons. The van der Waals surface area contributed by atoms with Crippen LogP contribution < -0.4 is 10.1 Å². The van der Waals surface area contributed by atoms with E-state index in [4.69, 9.17) is 14.2 Å². The van der Waals surface area contributed by atoms with Crippen molar-refractivity contribution in [3.05, 3.63) is 78.4 Å². The number of unbranched alkanes of at least 4 members (excludes halogenated alkanes) is 3. The Kier molecular flexibility index (Phi) is 11.1. The van der Waals surface area contributed by atoms with Gasteiger partial charge >= 0.3 is 12.1 Å². The maximum absolute atomic E-state index is 12.7. The first-order chi connectivity index (χ1) is 15.6. The van der Waals surface area contributed by atoms with E-state index < -0.39 is 12.1 Å². The molecule has 7 heteroatoms. The van der Waals surface area contributed by atoms with Gasteiger partial charge < -0.3 is 19.5 Å². The van der Waals surface area contributed by atoms with Gasteiger partial charge in [0.1, 0.15) is 12.4 Å². The monoisotopic (exact) mass is 439 g/mol. The molecule has 0 spiro atoms. The van der Waals surface area contributed by atoms with E-state index in [1.54, 1.807) is 24.3 Å². The van der Waals surface area contributed by atoms with Gasteiger partial charge in [-0.3, -0.25) is 4.79 Å². The van der Waals surface area contributed by atoms with Gasteiger partial charge in [0.2, 0.25) is 0 Å². The van der Waals surface area contributed by atoms with Crippen LogP contribution in [-0.4, -0.2) is 44.2 Å². The molecule has 0 aliphatic rings. The molecule has 2 aromatic rings. The molecule has 0 saturated carbocycles. The summed E-state index contributed by atoms with van der Waals surface area (Å²) in [6.45, 7) is 4.35. The number of benzene rings is 2. The van der Waals surface area contributed by atoms with Crippen LogP contribution in [0.3, 0.4) is 0 Å².